The lowest BCUT2D eigenvalue weighted by molar-refractivity contribution is -0.118. The fraction of sp³-hybridized carbons (Fsp3) is 0.385. The zero-order valence-corrected chi connectivity index (χ0v) is 19.2. The molecule has 1 saturated carbocycles. The molecule has 3 aromatic heterocycles. The number of ether oxygens (including phenoxy) is 1. The number of benzene rings is 1. The third-order valence-electron chi connectivity index (χ3n) is 7.45. The zero-order valence-electron chi connectivity index (χ0n) is 19.2. The van der Waals surface area contributed by atoms with Crippen LogP contribution in [0.1, 0.15) is 38.8 Å². The number of fused-ring (bicyclic) bond motifs is 3. The van der Waals surface area contributed by atoms with Crippen LogP contribution in [0.2, 0.25) is 0 Å². The van der Waals surface area contributed by atoms with Gasteiger partial charge in [0.1, 0.15) is 23.9 Å². The van der Waals surface area contributed by atoms with Gasteiger partial charge in [0.05, 0.1) is 23.0 Å². The number of aromatic nitrogens is 4. The number of hydrogen-bond donors (Lipinski definition) is 4. The minimum absolute atomic E-state index is 0. The van der Waals surface area contributed by atoms with Gasteiger partial charge in [0.2, 0.25) is 0 Å². The average Bonchev–Trinajstić information content (AvgIpc) is 3.37. The van der Waals surface area contributed by atoms with Crippen LogP contribution in [0.25, 0.3) is 21.9 Å². The van der Waals surface area contributed by atoms with Crippen molar-refractivity contribution in [2.45, 2.75) is 51.9 Å². The molecule has 4 aromatic rings. The Labute approximate surface area is 208 Å². The second-order valence-electron chi connectivity index (χ2n) is 9.78. The number of carbonyl (C=O) groups excluding carboxylic acids is 1. The first kappa shape index (κ1) is 24.0. The Kier molecular flexibility index (Phi) is 5.80. The maximum atomic E-state index is 11.6. The molecule has 0 spiro atoms. The number of nitrogens with zero attached hydrogens (tertiary/aromatic N) is 4. The van der Waals surface area contributed by atoms with Crippen molar-refractivity contribution in [3.8, 4) is 5.75 Å². The number of nitrogens with one attached hydrogen (secondary N) is 1. The normalized spacial score (nSPS) is 25.3. The second kappa shape index (κ2) is 8.72. The zero-order chi connectivity index (χ0) is 24.3. The average molecular weight is 491 g/mol. The summed E-state index contributed by atoms with van der Waals surface area (Å²) < 4.78 is 7.35. The van der Waals surface area contributed by atoms with Gasteiger partial charge in [-0.05, 0) is 48.4 Å². The Morgan fingerprint density at radius 2 is 2.08 bits per heavy atom. The van der Waals surface area contributed by atoms with Crippen molar-refractivity contribution in [1.82, 2.24) is 19.5 Å². The molecule has 1 aliphatic carbocycles. The molecule has 1 amide bonds. The summed E-state index contributed by atoms with van der Waals surface area (Å²) in [4.78, 5) is 24.6. The number of aliphatic hydroxyl groups excluding tert-OH is 2. The van der Waals surface area contributed by atoms with E-state index in [0.717, 1.165) is 21.9 Å². The van der Waals surface area contributed by atoms with Gasteiger partial charge in [-0.2, -0.15) is 0 Å². The van der Waals surface area contributed by atoms with Crippen LogP contribution in [-0.2, 0) is 11.2 Å². The van der Waals surface area contributed by atoms with Crippen molar-refractivity contribution in [2.75, 3.05) is 17.7 Å². The van der Waals surface area contributed by atoms with Crippen molar-refractivity contribution in [3.05, 3.63) is 48.4 Å². The minimum Gasteiger partial charge on any atom is -0.480 e. The number of hydrogen-bond acceptors (Lipinski definition) is 8. The van der Waals surface area contributed by atoms with Crippen LogP contribution in [0, 0.1) is 5.41 Å². The Balaban J connectivity index is 0.00000267. The highest BCUT2D eigenvalue weighted by atomic mass is 16.5. The van der Waals surface area contributed by atoms with Gasteiger partial charge in [0, 0.05) is 11.6 Å². The fourth-order valence-corrected chi connectivity index (χ4v) is 5.40. The number of nitrogen functional groups attached to an aromatic ring is 1. The standard InChI is InChI=1S/C25H26N6O4.CH4/c1-25(10-17(20(33)21(25)34)31-7-5-15-22(26)27-12-28-24(15)31)6-4-13-2-3-14-9-18-23(29-16(14)8-13)30-19(32)11-35-18;/h2-3,5,7-9,12,17,20-21,33-34H,4,6,10-11H2,1H3,(H2,26,27,28)(H,29,30,32);1H4/t17-,20+,21+,25+;/m1./s1. The Morgan fingerprint density at radius 3 is 2.92 bits per heavy atom. The van der Waals surface area contributed by atoms with Crippen molar-refractivity contribution < 1.29 is 19.7 Å². The molecule has 1 fully saturated rings. The van der Waals surface area contributed by atoms with Crippen molar-refractivity contribution in [3.63, 3.8) is 0 Å². The van der Waals surface area contributed by atoms with E-state index < -0.39 is 17.6 Å². The van der Waals surface area contributed by atoms with Crippen LogP contribution in [0.3, 0.4) is 0 Å². The molecule has 5 N–H and O–H groups in total. The smallest absolute Gasteiger partial charge is 0.263 e. The Morgan fingerprint density at radius 1 is 1.25 bits per heavy atom. The van der Waals surface area contributed by atoms with Gasteiger partial charge >= 0.3 is 0 Å². The molecule has 188 valence electrons. The lowest BCUT2D eigenvalue weighted by atomic mass is 9.80. The van der Waals surface area contributed by atoms with Crippen LogP contribution in [0.15, 0.2) is 42.9 Å². The van der Waals surface area contributed by atoms with Crippen LogP contribution in [0.5, 0.6) is 5.75 Å². The summed E-state index contributed by atoms with van der Waals surface area (Å²) in [6.45, 7) is 2.00. The Bertz CT molecular complexity index is 1470. The van der Waals surface area contributed by atoms with Crippen LogP contribution < -0.4 is 15.8 Å². The molecule has 0 radical (unpaired) electrons. The van der Waals surface area contributed by atoms with E-state index in [0.29, 0.717) is 42.3 Å². The summed E-state index contributed by atoms with van der Waals surface area (Å²) in [7, 11) is 0. The van der Waals surface area contributed by atoms with Crippen LogP contribution >= 0.6 is 0 Å². The summed E-state index contributed by atoms with van der Waals surface area (Å²) >= 11 is 0. The first-order valence-corrected chi connectivity index (χ1v) is 11.6. The number of pyridine rings is 1. The fourth-order valence-electron chi connectivity index (χ4n) is 5.40. The highest BCUT2D eigenvalue weighted by Gasteiger charge is 2.50. The summed E-state index contributed by atoms with van der Waals surface area (Å²) in [5.74, 6) is 1.16. The van der Waals surface area contributed by atoms with E-state index in [1.165, 1.54) is 6.33 Å². The highest BCUT2D eigenvalue weighted by Crippen LogP contribution is 2.48. The maximum absolute atomic E-state index is 11.6. The number of nitrogens with two attached hydrogens (primary N) is 1. The van der Waals surface area contributed by atoms with Gasteiger partial charge in [-0.1, -0.05) is 26.5 Å². The number of aryl methyl sites for hydroxylation is 1. The van der Waals surface area contributed by atoms with E-state index in [1.807, 2.05) is 48.0 Å². The van der Waals surface area contributed by atoms with Gasteiger partial charge < -0.3 is 30.6 Å². The molecular formula is C26H30N6O4. The van der Waals surface area contributed by atoms with Crippen LogP contribution in [-0.4, -0.2) is 54.5 Å². The predicted molar refractivity (Wildman–Crippen MR) is 137 cm³/mol. The second-order valence-corrected chi connectivity index (χ2v) is 9.78. The summed E-state index contributed by atoms with van der Waals surface area (Å²) in [5.41, 5.74) is 7.94. The maximum Gasteiger partial charge on any atom is 0.263 e. The first-order chi connectivity index (χ1) is 16.8. The molecule has 1 aromatic carbocycles. The van der Waals surface area contributed by atoms with E-state index in [2.05, 4.69) is 20.3 Å². The molecule has 10 heteroatoms. The minimum atomic E-state index is -0.930. The van der Waals surface area contributed by atoms with E-state index in [4.69, 9.17) is 10.5 Å². The van der Waals surface area contributed by atoms with Gasteiger partial charge in [0.15, 0.2) is 18.2 Å². The predicted octanol–water partition coefficient (Wildman–Crippen LogP) is 2.83. The number of anilines is 2. The van der Waals surface area contributed by atoms with E-state index in [1.54, 1.807) is 0 Å². The summed E-state index contributed by atoms with van der Waals surface area (Å²) in [6.07, 6.45) is 3.40. The number of amides is 1. The van der Waals surface area contributed by atoms with Crippen molar-refractivity contribution in [1.29, 1.82) is 0 Å². The molecule has 0 unspecified atom stereocenters. The molecule has 4 heterocycles. The van der Waals surface area contributed by atoms with E-state index in [9.17, 15) is 15.0 Å². The molecule has 6 rings (SSSR count). The summed E-state index contributed by atoms with van der Waals surface area (Å²) in [6, 6.07) is 9.41. The van der Waals surface area contributed by atoms with E-state index >= 15 is 0 Å². The number of carbonyl (C=O) groups is 1. The third-order valence-corrected chi connectivity index (χ3v) is 7.45. The molecule has 0 saturated heterocycles. The SMILES string of the molecule is C.C[C@]1(CCc2ccc3cc4c(nc3c2)NC(=O)CO4)C[C@@H](n2ccc3c(N)ncnc32)[C@H](O)[C@@H]1O. The number of rotatable bonds is 4. The monoisotopic (exact) mass is 490 g/mol. The lowest BCUT2D eigenvalue weighted by Crippen LogP contribution is -2.35. The van der Waals surface area contributed by atoms with Crippen LogP contribution in [0.4, 0.5) is 11.6 Å². The largest absolute Gasteiger partial charge is 0.480 e. The number of aliphatic hydroxyl groups is 2. The van der Waals surface area contributed by atoms with Gasteiger partial charge in [-0.3, -0.25) is 4.79 Å². The Hall–Kier alpha value is -3.76. The molecule has 1 aliphatic heterocycles. The lowest BCUT2D eigenvalue weighted by Gasteiger charge is -2.28. The van der Waals surface area contributed by atoms with Gasteiger partial charge in [-0.25, -0.2) is 15.0 Å². The third kappa shape index (κ3) is 3.82. The molecule has 0 bridgehead atoms. The van der Waals surface area contributed by atoms with Gasteiger partial charge in [0.25, 0.3) is 5.91 Å². The van der Waals surface area contributed by atoms with Crippen molar-refractivity contribution in [2.24, 2.45) is 5.41 Å². The highest BCUT2D eigenvalue weighted by molar-refractivity contribution is 5.96. The molecule has 4 atom stereocenters. The molecule has 10 nitrogen and oxygen atoms in total. The molecule has 36 heavy (non-hydrogen) atoms. The topological polar surface area (TPSA) is 148 Å². The summed E-state index contributed by atoms with van der Waals surface area (Å²) in [5, 5.41) is 26.4. The van der Waals surface area contributed by atoms with E-state index in [-0.39, 0.29) is 26.0 Å². The quantitative estimate of drug-likeness (QED) is 0.341. The first-order valence-electron chi connectivity index (χ1n) is 11.6. The molecule has 2 aliphatic rings. The molecular weight excluding hydrogens is 460 g/mol. The van der Waals surface area contributed by atoms with Crippen molar-refractivity contribution >= 4 is 39.5 Å². The van der Waals surface area contributed by atoms with Gasteiger partial charge in [-0.15, -0.1) is 0 Å².